The Labute approximate surface area is 151 Å². The van der Waals surface area contributed by atoms with Crippen LogP contribution in [0.25, 0.3) is 28.9 Å². The molecule has 26 heavy (non-hydrogen) atoms. The molecule has 4 heteroatoms. The predicted molar refractivity (Wildman–Crippen MR) is 105 cm³/mol. The van der Waals surface area contributed by atoms with Gasteiger partial charge < -0.3 is 9.84 Å². The first-order valence-electron chi connectivity index (χ1n) is 8.33. The number of rotatable bonds is 4. The molecule has 0 aliphatic carbocycles. The van der Waals surface area contributed by atoms with Gasteiger partial charge in [-0.1, -0.05) is 48.6 Å². The van der Waals surface area contributed by atoms with E-state index in [1.54, 1.807) is 19.2 Å². The van der Waals surface area contributed by atoms with Crippen LogP contribution in [0.5, 0.6) is 11.5 Å². The molecule has 0 atom stereocenters. The van der Waals surface area contributed by atoms with Gasteiger partial charge in [-0.05, 0) is 41.5 Å². The second kappa shape index (κ2) is 6.76. The molecule has 0 unspecified atom stereocenters. The number of hydrogen-bond acceptors (Lipinski definition) is 3. The van der Waals surface area contributed by atoms with E-state index in [4.69, 9.17) is 4.74 Å². The van der Waals surface area contributed by atoms with Gasteiger partial charge in [0.2, 0.25) is 0 Å². The van der Waals surface area contributed by atoms with Gasteiger partial charge in [-0.3, -0.25) is 4.57 Å². The molecule has 0 amide bonds. The quantitative estimate of drug-likeness (QED) is 0.536. The molecule has 0 saturated heterocycles. The molecular formula is C22H18N2O2. The maximum absolute atomic E-state index is 9.73. The fourth-order valence-electron chi connectivity index (χ4n) is 2.98. The van der Waals surface area contributed by atoms with Crippen molar-refractivity contribution in [3.8, 4) is 17.2 Å². The van der Waals surface area contributed by atoms with E-state index >= 15 is 0 Å². The summed E-state index contributed by atoms with van der Waals surface area (Å²) in [6.07, 6.45) is 5.90. The average Bonchev–Trinajstić information content (AvgIpc) is 3.11. The number of phenols is 1. The van der Waals surface area contributed by atoms with Gasteiger partial charge in [0.15, 0.2) is 11.5 Å². The molecule has 0 aliphatic heterocycles. The van der Waals surface area contributed by atoms with Crippen molar-refractivity contribution in [3.63, 3.8) is 0 Å². The Morgan fingerprint density at radius 2 is 1.77 bits per heavy atom. The normalized spacial score (nSPS) is 11.3. The highest BCUT2D eigenvalue weighted by Crippen LogP contribution is 2.28. The number of nitrogens with zero attached hydrogens (tertiary/aromatic N) is 2. The summed E-state index contributed by atoms with van der Waals surface area (Å²) in [4.78, 5) is 4.48. The smallest absolute Gasteiger partial charge is 0.161 e. The third kappa shape index (κ3) is 2.93. The topological polar surface area (TPSA) is 47.3 Å². The van der Waals surface area contributed by atoms with Gasteiger partial charge in [0.25, 0.3) is 0 Å². The molecule has 4 nitrogen and oxygen atoms in total. The van der Waals surface area contributed by atoms with Crippen LogP contribution in [0, 0.1) is 0 Å². The lowest BCUT2D eigenvalue weighted by Gasteiger charge is -2.08. The molecule has 0 fully saturated rings. The molecule has 0 bridgehead atoms. The summed E-state index contributed by atoms with van der Waals surface area (Å²) < 4.78 is 7.26. The summed E-state index contributed by atoms with van der Waals surface area (Å²) in [5, 5.41) is 9.73. The Hall–Kier alpha value is -3.53. The minimum atomic E-state index is 0.134. The predicted octanol–water partition coefficient (Wildman–Crippen LogP) is 4.91. The lowest BCUT2D eigenvalue weighted by atomic mass is 10.1. The number of para-hydroxylation sites is 3. The Kier molecular flexibility index (Phi) is 4.15. The molecule has 3 aromatic carbocycles. The van der Waals surface area contributed by atoms with E-state index in [2.05, 4.69) is 33.8 Å². The molecule has 128 valence electrons. The monoisotopic (exact) mass is 342 g/mol. The van der Waals surface area contributed by atoms with Crippen molar-refractivity contribution in [2.75, 3.05) is 7.11 Å². The van der Waals surface area contributed by atoms with Crippen LogP contribution < -0.4 is 4.74 Å². The van der Waals surface area contributed by atoms with Gasteiger partial charge >= 0.3 is 0 Å². The number of fused-ring (bicyclic) bond motifs is 1. The van der Waals surface area contributed by atoms with Crippen molar-refractivity contribution < 1.29 is 9.84 Å². The molecule has 4 rings (SSSR count). The lowest BCUT2D eigenvalue weighted by Crippen LogP contribution is -1.94. The average molecular weight is 342 g/mol. The van der Waals surface area contributed by atoms with Crippen LogP contribution in [0.1, 0.15) is 11.1 Å². The molecule has 0 saturated carbocycles. The van der Waals surface area contributed by atoms with E-state index in [1.165, 1.54) is 0 Å². The van der Waals surface area contributed by atoms with Crippen molar-refractivity contribution in [3.05, 3.63) is 84.2 Å². The number of benzene rings is 3. The molecule has 4 aromatic rings. The number of imidazole rings is 1. The highest BCUT2D eigenvalue weighted by Gasteiger charge is 2.07. The number of aromatic hydroxyl groups is 1. The van der Waals surface area contributed by atoms with Gasteiger partial charge in [-0.15, -0.1) is 0 Å². The minimum Gasteiger partial charge on any atom is -0.504 e. The van der Waals surface area contributed by atoms with Crippen LogP contribution in [-0.4, -0.2) is 21.8 Å². The van der Waals surface area contributed by atoms with Gasteiger partial charge in [0.1, 0.15) is 6.33 Å². The van der Waals surface area contributed by atoms with Crippen LogP contribution in [0.15, 0.2) is 73.1 Å². The molecule has 1 aromatic heterocycles. The zero-order valence-electron chi connectivity index (χ0n) is 14.3. The molecule has 0 radical (unpaired) electrons. The van der Waals surface area contributed by atoms with Gasteiger partial charge in [0, 0.05) is 0 Å². The third-order valence-electron chi connectivity index (χ3n) is 4.31. The van der Waals surface area contributed by atoms with Crippen LogP contribution in [-0.2, 0) is 0 Å². The Balaban J connectivity index is 1.75. The van der Waals surface area contributed by atoms with Gasteiger partial charge in [0.05, 0.1) is 23.8 Å². The highest BCUT2D eigenvalue weighted by atomic mass is 16.5. The first-order chi connectivity index (χ1) is 12.8. The van der Waals surface area contributed by atoms with Crippen LogP contribution in [0.4, 0.5) is 0 Å². The van der Waals surface area contributed by atoms with Gasteiger partial charge in [-0.25, -0.2) is 4.98 Å². The largest absolute Gasteiger partial charge is 0.504 e. The molecule has 1 heterocycles. The number of phenolic OH excluding ortho intramolecular Hbond substituents is 1. The lowest BCUT2D eigenvalue weighted by molar-refractivity contribution is 0.373. The van der Waals surface area contributed by atoms with Gasteiger partial charge in [-0.2, -0.15) is 0 Å². The summed E-state index contributed by atoms with van der Waals surface area (Å²) in [6, 6.07) is 21.5. The van der Waals surface area contributed by atoms with E-state index in [0.717, 1.165) is 27.8 Å². The Morgan fingerprint density at radius 1 is 0.962 bits per heavy atom. The number of ether oxygens (including phenoxy) is 1. The van der Waals surface area contributed by atoms with E-state index in [1.807, 2.05) is 48.8 Å². The van der Waals surface area contributed by atoms with Crippen molar-refractivity contribution >= 4 is 23.2 Å². The summed E-state index contributed by atoms with van der Waals surface area (Å²) >= 11 is 0. The second-order valence-corrected chi connectivity index (χ2v) is 5.93. The maximum atomic E-state index is 9.73. The van der Waals surface area contributed by atoms with E-state index in [9.17, 15) is 5.11 Å². The van der Waals surface area contributed by atoms with E-state index < -0.39 is 0 Å². The third-order valence-corrected chi connectivity index (χ3v) is 4.31. The first-order valence-corrected chi connectivity index (χ1v) is 8.33. The molecular weight excluding hydrogens is 324 g/mol. The number of methoxy groups -OCH3 is 1. The zero-order chi connectivity index (χ0) is 17.9. The van der Waals surface area contributed by atoms with Crippen molar-refractivity contribution in [2.45, 2.75) is 0 Å². The van der Waals surface area contributed by atoms with Crippen LogP contribution in [0.2, 0.25) is 0 Å². The fourth-order valence-corrected chi connectivity index (χ4v) is 2.98. The standard InChI is InChI=1S/C22H18N2O2/c1-26-22-14-16(11-13-21(22)25)10-12-17-6-2-4-8-19(17)24-15-23-18-7-3-5-9-20(18)24/h2-15,25H,1H3. The summed E-state index contributed by atoms with van der Waals surface area (Å²) in [5.41, 5.74) is 5.12. The summed E-state index contributed by atoms with van der Waals surface area (Å²) in [5.74, 6) is 0.593. The Morgan fingerprint density at radius 3 is 2.65 bits per heavy atom. The minimum absolute atomic E-state index is 0.134. The Bertz CT molecular complexity index is 1100. The van der Waals surface area contributed by atoms with Crippen molar-refractivity contribution in [2.24, 2.45) is 0 Å². The highest BCUT2D eigenvalue weighted by molar-refractivity contribution is 5.80. The molecule has 0 spiro atoms. The summed E-state index contributed by atoms with van der Waals surface area (Å²) in [6.45, 7) is 0. The zero-order valence-corrected chi connectivity index (χ0v) is 14.3. The number of hydrogen-bond donors (Lipinski definition) is 1. The van der Waals surface area contributed by atoms with E-state index in [-0.39, 0.29) is 5.75 Å². The molecule has 1 N–H and O–H groups in total. The van der Waals surface area contributed by atoms with E-state index in [0.29, 0.717) is 5.75 Å². The van der Waals surface area contributed by atoms with Crippen LogP contribution in [0.3, 0.4) is 0 Å². The maximum Gasteiger partial charge on any atom is 0.161 e. The molecule has 0 aliphatic rings. The first kappa shape index (κ1) is 16.0. The number of aromatic nitrogens is 2. The van der Waals surface area contributed by atoms with Crippen LogP contribution >= 0.6 is 0 Å². The SMILES string of the molecule is COc1cc(C=Cc2ccccc2-n2cnc3ccccc32)ccc1O. The van der Waals surface area contributed by atoms with Crippen molar-refractivity contribution in [1.82, 2.24) is 9.55 Å². The van der Waals surface area contributed by atoms with Crippen molar-refractivity contribution in [1.29, 1.82) is 0 Å². The second-order valence-electron chi connectivity index (χ2n) is 5.93. The summed E-state index contributed by atoms with van der Waals surface area (Å²) in [7, 11) is 1.54. The fraction of sp³-hybridized carbons (Fsp3) is 0.0455.